The first-order chi connectivity index (χ1) is 21.3. The van der Waals surface area contributed by atoms with Gasteiger partial charge in [-0.1, -0.05) is 168 Å². The van der Waals surface area contributed by atoms with Crippen LogP contribution >= 0.6 is 7.82 Å². The summed E-state index contributed by atoms with van der Waals surface area (Å²) < 4.78 is 26.1. The number of ether oxygens (including phenoxy) is 2. The Morgan fingerprint density at radius 1 is 0.500 bits per heavy atom. The van der Waals surface area contributed by atoms with Gasteiger partial charge >= 0.3 is 19.8 Å². The van der Waals surface area contributed by atoms with Crippen LogP contribution in [0, 0.1) is 0 Å². The molecule has 0 fully saturated rings. The van der Waals surface area contributed by atoms with Crippen molar-refractivity contribution in [2.75, 3.05) is 13.2 Å². The highest BCUT2D eigenvalue weighted by Crippen LogP contribution is 2.36. The lowest BCUT2D eigenvalue weighted by molar-refractivity contribution is -0.161. The summed E-state index contributed by atoms with van der Waals surface area (Å²) >= 11 is 0. The van der Waals surface area contributed by atoms with Crippen molar-refractivity contribution in [1.82, 2.24) is 0 Å². The summed E-state index contributed by atoms with van der Waals surface area (Å²) in [7, 11) is -4.73. The van der Waals surface area contributed by atoms with Crippen molar-refractivity contribution in [3.8, 4) is 0 Å². The van der Waals surface area contributed by atoms with Gasteiger partial charge in [0.15, 0.2) is 6.10 Å². The highest BCUT2D eigenvalue weighted by Gasteiger charge is 2.22. The molecule has 0 aliphatic heterocycles. The molecule has 0 heterocycles. The van der Waals surface area contributed by atoms with Crippen LogP contribution in [0.1, 0.15) is 194 Å². The number of carbonyl (C=O) groups excluding carboxylic acids is 2. The van der Waals surface area contributed by atoms with Crippen LogP contribution in [-0.4, -0.2) is 41.0 Å². The fourth-order valence-corrected chi connectivity index (χ4v) is 5.73. The van der Waals surface area contributed by atoms with Crippen molar-refractivity contribution in [2.45, 2.75) is 200 Å². The molecule has 8 nitrogen and oxygen atoms in total. The molecular weight excluding hydrogens is 579 g/mol. The third-order valence-electron chi connectivity index (χ3n) is 8.13. The molecule has 0 radical (unpaired) electrons. The van der Waals surface area contributed by atoms with E-state index in [-0.39, 0.29) is 19.4 Å². The zero-order valence-electron chi connectivity index (χ0n) is 28.6. The second kappa shape index (κ2) is 32.0. The van der Waals surface area contributed by atoms with Crippen LogP contribution in [0.5, 0.6) is 0 Å². The average Bonchev–Trinajstić information content (AvgIpc) is 2.98. The number of phosphoric ester groups is 1. The molecule has 0 amide bonds. The van der Waals surface area contributed by atoms with E-state index < -0.39 is 32.5 Å². The minimum Gasteiger partial charge on any atom is -0.462 e. The molecule has 2 N–H and O–H groups in total. The number of carbonyl (C=O) groups is 2. The predicted octanol–water partition coefficient (Wildman–Crippen LogP) is 10.5. The topological polar surface area (TPSA) is 119 Å². The maximum Gasteiger partial charge on any atom is 0.469 e. The van der Waals surface area contributed by atoms with Gasteiger partial charge in [-0.25, -0.2) is 4.57 Å². The van der Waals surface area contributed by atoms with Crippen molar-refractivity contribution in [1.29, 1.82) is 0 Å². The summed E-state index contributed by atoms with van der Waals surface area (Å²) in [5, 5.41) is 0. The first-order valence-corrected chi connectivity index (χ1v) is 19.9. The largest absolute Gasteiger partial charge is 0.469 e. The smallest absolute Gasteiger partial charge is 0.462 e. The van der Waals surface area contributed by atoms with Gasteiger partial charge in [-0.3, -0.25) is 14.1 Å². The van der Waals surface area contributed by atoms with Crippen molar-refractivity contribution >= 4 is 19.8 Å². The Kier molecular flexibility index (Phi) is 31.3. The highest BCUT2D eigenvalue weighted by molar-refractivity contribution is 7.46. The Hall–Kier alpha value is -0.950. The van der Waals surface area contributed by atoms with Crippen LogP contribution in [0.3, 0.4) is 0 Å². The van der Waals surface area contributed by atoms with Crippen LogP contribution in [0.15, 0.2) is 0 Å². The van der Waals surface area contributed by atoms with E-state index in [9.17, 15) is 14.2 Å². The Balaban J connectivity index is 3.79. The Morgan fingerprint density at radius 2 is 0.818 bits per heavy atom. The molecule has 0 aliphatic carbocycles. The Bertz CT molecular complexity index is 696. The molecule has 0 aromatic carbocycles. The molecule has 262 valence electrons. The Labute approximate surface area is 270 Å². The maximum atomic E-state index is 12.2. The molecule has 0 saturated heterocycles. The number of phosphoric acid groups is 1. The van der Waals surface area contributed by atoms with Gasteiger partial charge in [0.05, 0.1) is 6.61 Å². The van der Waals surface area contributed by atoms with E-state index in [2.05, 4.69) is 18.4 Å². The van der Waals surface area contributed by atoms with Crippen molar-refractivity contribution in [3.63, 3.8) is 0 Å². The molecule has 1 atom stereocenters. The number of hydrogen-bond acceptors (Lipinski definition) is 6. The number of hydrogen-bond donors (Lipinski definition) is 2. The lowest BCUT2D eigenvalue weighted by Gasteiger charge is -2.18. The molecule has 9 heteroatoms. The molecule has 44 heavy (non-hydrogen) atoms. The summed E-state index contributed by atoms with van der Waals surface area (Å²) in [6, 6.07) is 0. The van der Waals surface area contributed by atoms with E-state index in [1.807, 2.05) is 0 Å². The summed E-state index contributed by atoms with van der Waals surface area (Å²) in [6.45, 7) is 3.63. The zero-order chi connectivity index (χ0) is 32.6. The fraction of sp³-hybridized carbons (Fsp3) is 0.943. The van der Waals surface area contributed by atoms with Gasteiger partial charge < -0.3 is 19.3 Å². The van der Waals surface area contributed by atoms with Crippen molar-refractivity contribution in [3.05, 3.63) is 0 Å². The van der Waals surface area contributed by atoms with E-state index in [0.29, 0.717) is 6.42 Å². The fourth-order valence-electron chi connectivity index (χ4n) is 5.37. The van der Waals surface area contributed by atoms with Gasteiger partial charge in [-0.2, -0.15) is 0 Å². The first kappa shape index (κ1) is 43.0. The third-order valence-corrected chi connectivity index (χ3v) is 8.61. The SMILES string of the molecule is CCCCCCCCCCCCCCCCCCCCCC(=O)OC[C@H](COP(=O)(O)O)OC(=O)CCCCCCCCC. The van der Waals surface area contributed by atoms with E-state index in [1.54, 1.807) is 0 Å². The molecule has 0 aromatic heterocycles. The molecule has 0 bridgehead atoms. The maximum absolute atomic E-state index is 12.2. The number of esters is 2. The van der Waals surface area contributed by atoms with Gasteiger partial charge in [-0.15, -0.1) is 0 Å². The van der Waals surface area contributed by atoms with Crippen LogP contribution in [0.4, 0.5) is 0 Å². The van der Waals surface area contributed by atoms with Crippen molar-refractivity contribution in [2.24, 2.45) is 0 Å². The van der Waals surface area contributed by atoms with E-state index in [4.69, 9.17) is 19.3 Å². The summed E-state index contributed by atoms with van der Waals surface area (Å²) in [4.78, 5) is 42.4. The predicted molar refractivity (Wildman–Crippen MR) is 179 cm³/mol. The lowest BCUT2D eigenvalue weighted by Crippen LogP contribution is -2.29. The quantitative estimate of drug-likeness (QED) is 0.0402. The van der Waals surface area contributed by atoms with E-state index in [1.165, 1.54) is 122 Å². The van der Waals surface area contributed by atoms with Crippen LogP contribution in [0.25, 0.3) is 0 Å². The standard InChI is InChI=1S/C35H69O8P/c1-3-5-7-9-11-12-13-14-15-16-17-18-19-20-21-22-24-25-27-29-34(36)41-31-33(32-42-44(38,39)40)43-35(37)30-28-26-23-10-8-6-4-2/h33H,3-32H2,1-2H3,(H2,38,39,40)/t33-/m1/s1. The molecule has 0 rings (SSSR count). The second-order valence-electron chi connectivity index (χ2n) is 12.6. The summed E-state index contributed by atoms with van der Waals surface area (Å²) in [5.41, 5.74) is 0. The van der Waals surface area contributed by atoms with Crippen LogP contribution in [-0.2, 0) is 28.2 Å². The molecule has 0 spiro atoms. The lowest BCUT2D eigenvalue weighted by atomic mass is 10.0. The Morgan fingerprint density at radius 3 is 1.16 bits per heavy atom. The molecule has 0 unspecified atom stereocenters. The second-order valence-corrected chi connectivity index (χ2v) is 13.8. The molecule has 0 aromatic rings. The third kappa shape index (κ3) is 33.9. The molecular formula is C35H69O8P. The summed E-state index contributed by atoms with van der Waals surface area (Å²) in [5.74, 6) is -0.881. The molecule has 0 saturated carbocycles. The van der Waals surface area contributed by atoms with Gasteiger partial charge in [0.25, 0.3) is 0 Å². The normalized spacial score (nSPS) is 12.4. The van der Waals surface area contributed by atoms with E-state index in [0.717, 1.165) is 38.5 Å². The summed E-state index contributed by atoms with van der Waals surface area (Å²) in [6.07, 6.45) is 31.4. The van der Waals surface area contributed by atoms with Crippen molar-refractivity contribution < 1.29 is 37.9 Å². The number of unbranched alkanes of at least 4 members (excludes halogenated alkanes) is 24. The molecule has 0 aliphatic rings. The van der Waals surface area contributed by atoms with Gasteiger partial charge in [0, 0.05) is 12.8 Å². The van der Waals surface area contributed by atoms with Gasteiger partial charge in [-0.05, 0) is 12.8 Å². The van der Waals surface area contributed by atoms with Gasteiger partial charge in [0.2, 0.25) is 0 Å². The van der Waals surface area contributed by atoms with Gasteiger partial charge in [0.1, 0.15) is 6.61 Å². The van der Waals surface area contributed by atoms with E-state index >= 15 is 0 Å². The first-order valence-electron chi connectivity index (χ1n) is 18.3. The minimum atomic E-state index is -4.73. The monoisotopic (exact) mass is 648 g/mol. The highest BCUT2D eigenvalue weighted by atomic mass is 31.2. The average molecular weight is 649 g/mol. The van der Waals surface area contributed by atoms with Crippen LogP contribution in [0.2, 0.25) is 0 Å². The van der Waals surface area contributed by atoms with Crippen LogP contribution < -0.4 is 0 Å². The zero-order valence-corrected chi connectivity index (χ0v) is 29.5. The minimum absolute atomic E-state index is 0.216. The number of rotatable bonds is 34.